The molecule has 5 unspecified atom stereocenters. The normalized spacial score (nSPS) is 18.0. The zero-order valence-electron chi connectivity index (χ0n) is 43.7. The van der Waals surface area contributed by atoms with Crippen LogP contribution in [0.25, 0.3) is 43.6 Å². The highest BCUT2D eigenvalue weighted by Gasteiger charge is 2.51. The molecule has 12 nitrogen and oxygen atoms in total. The molecule has 0 aliphatic carbocycles. The lowest BCUT2D eigenvalue weighted by Gasteiger charge is -2.47. The van der Waals surface area contributed by atoms with Crippen LogP contribution in [0.1, 0.15) is 60.3 Å². The van der Waals surface area contributed by atoms with Crippen molar-refractivity contribution in [3.05, 3.63) is 263 Å². The maximum atomic E-state index is 14.5. The first-order valence-electron chi connectivity index (χ1n) is 26.9. The summed E-state index contributed by atoms with van der Waals surface area (Å²) in [6.45, 7) is 1.71. The number of nitrogens with one attached hydrogen (secondary N) is 1. The van der Waals surface area contributed by atoms with Gasteiger partial charge < -0.3 is 47.4 Å². The van der Waals surface area contributed by atoms with Crippen LogP contribution in [0.2, 0.25) is 0 Å². The highest BCUT2D eigenvalue weighted by Crippen LogP contribution is 2.49. The molecule has 398 valence electrons. The lowest BCUT2D eigenvalue weighted by molar-refractivity contribution is -0.288. The number of aromatic amines is 1. The summed E-state index contributed by atoms with van der Waals surface area (Å²) in [5.41, 5.74) is 8.69. The van der Waals surface area contributed by atoms with Crippen LogP contribution in [-0.4, -0.2) is 52.5 Å². The number of benzene rings is 9. The molecule has 13 rings (SSSR count). The van der Waals surface area contributed by atoms with Crippen molar-refractivity contribution in [3.8, 4) is 11.5 Å². The number of hydrogen-bond donors (Lipinski definition) is 1. The Kier molecular flexibility index (Phi) is 14.4. The molecular weight excluding hydrogens is 1000 g/mol. The molecular formula is C68H56N2O10. The average molecular weight is 1060 g/mol. The Hall–Kier alpha value is -8.88. The number of H-pyrrole nitrogens is 1. The monoisotopic (exact) mass is 1060 g/mol. The molecule has 0 saturated carbocycles. The quantitative estimate of drug-likeness (QED) is 0.0582. The fourth-order valence-corrected chi connectivity index (χ4v) is 11.1. The molecule has 1 fully saturated rings. The Morgan fingerprint density at radius 1 is 0.438 bits per heavy atom. The topological polar surface area (TPSA) is 129 Å². The van der Waals surface area contributed by atoms with E-state index in [2.05, 4.69) is 9.55 Å². The highest BCUT2D eigenvalue weighted by atomic mass is 16.6. The molecule has 12 heteroatoms. The molecule has 0 radical (unpaired) electrons. The van der Waals surface area contributed by atoms with E-state index in [9.17, 15) is 9.59 Å². The van der Waals surface area contributed by atoms with Gasteiger partial charge in [0.05, 0.1) is 66.2 Å². The van der Waals surface area contributed by atoms with E-state index in [4.69, 9.17) is 37.9 Å². The SMILES string of the molecule is O=C1OC(=O)c2c1c1c3ccc(OCc4ccccc4)cc3[nH]c1c1c2c2ccc(OCc3ccccc3)cc2n1C1OC(COCc2ccccc2)C(OCc2ccccc2)C(OCc2ccccc2)C1OCc1ccccc1. The van der Waals surface area contributed by atoms with E-state index in [1.54, 1.807) is 0 Å². The summed E-state index contributed by atoms with van der Waals surface area (Å²) in [5, 5.41) is 2.40. The van der Waals surface area contributed by atoms with Gasteiger partial charge in [0.25, 0.3) is 0 Å². The Morgan fingerprint density at radius 3 is 1.40 bits per heavy atom. The molecule has 2 aromatic heterocycles. The molecule has 80 heavy (non-hydrogen) atoms. The van der Waals surface area contributed by atoms with Crippen LogP contribution in [0.3, 0.4) is 0 Å². The van der Waals surface area contributed by atoms with E-state index >= 15 is 0 Å². The second kappa shape index (κ2) is 22.8. The number of carbonyl (C=O) groups excluding carboxylic acids is 2. The third-order valence-electron chi connectivity index (χ3n) is 14.9. The summed E-state index contributed by atoms with van der Waals surface area (Å²) in [7, 11) is 0. The maximum absolute atomic E-state index is 14.5. The number of rotatable bonds is 20. The summed E-state index contributed by atoms with van der Waals surface area (Å²) in [6.07, 6.45) is -4.24. The van der Waals surface area contributed by atoms with Gasteiger partial charge in [-0.05, 0) is 57.6 Å². The third kappa shape index (κ3) is 10.3. The average Bonchev–Trinajstić information content (AvgIpc) is 4.36. The van der Waals surface area contributed by atoms with Crippen LogP contribution in [0.4, 0.5) is 0 Å². The minimum Gasteiger partial charge on any atom is -0.489 e. The summed E-state index contributed by atoms with van der Waals surface area (Å²) in [6, 6.07) is 71.5. The highest BCUT2D eigenvalue weighted by molar-refractivity contribution is 6.36. The predicted octanol–water partition coefficient (Wildman–Crippen LogP) is 13.8. The Labute approximate surface area is 461 Å². The molecule has 1 N–H and O–H groups in total. The zero-order chi connectivity index (χ0) is 53.8. The summed E-state index contributed by atoms with van der Waals surface area (Å²) >= 11 is 0. The number of aromatic nitrogens is 2. The zero-order valence-corrected chi connectivity index (χ0v) is 43.7. The van der Waals surface area contributed by atoms with Gasteiger partial charge in [-0.2, -0.15) is 0 Å². The first-order chi connectivity index (χ1) is 39.5. The third-order valence-corrected chi connectivity index (χ3v) is 14.9. The molecule has 0 spiro atoms. The minimum absolute atomic E-state index is 0.105. The van der Waals surface area contributed by atoms with E-state index in [1.807, 2.05) is 218 Å². The number of ether oxygens (including phenoxy) is 8. The number of esters is 2. The smallest absolute Gasteiger partial charge is 0.347 e. The van der Waals surface area contributed by atoms with Crippen molar-refractivity contribution in [2.75, 3.05) is 6.61 Å². The number of cyclic esters (lactones) is 2. The molecule has 1 saturated heterocycles. The summed E-state index contributed by atoms with van der Waals surface area (Å²) in [4.78, 5) is 32.5. The summed E-state index contributed by atoms with van der Waals surface area (Å²) in [5.74, 6) is -0.296. The Balaban J connectivity index is 1.04. The minimum atomic E-state index is -1.02. The second-order valence-corrected chi connectivity index (χ2v) is 20.2. The van der Waals surface area contributed by atoms with Gasteiger partial charge in [0.15, 0.2) is 6.23 Å². The van der Waals surface area contributed by atoms with Gasteiger partial charge in [0.2, 0.25) is 0 Å². The van der Waals surface area contributed by atoms with E-state index < -0.39 is 42.6 Å². The van der Waals surface area contributed by atoms with Gasteiger partial charge in [-0.3, -0.25) is 0 Å². The van der Waals surface area contributed by atoms with Crippen molar-refractivity contribution in [1.82, 2.24) is 9.55 Å². The van der Waals surface area contributed by atoms with Crippen LogP contribution < -0.4 is 9.47 Å². The Morgan fingerprint density at radius 2 is 0.875 bits per heavy atom. The molecule has 11 aromatic rings. The fourth-order valence-electron chi connectivity index (χ4n) is 11.1. The van der Waals surface area contributed by atoms with E-state index in [-0.39, 0.29) is 37.6 Å². The molecule has 4 heterocycles. The van der Waals surface area contributed by atoms with Crippen molar-refractivity contribution >= 4 is 55.6 Å². The van der Waals surface area contributed by atoms with Crippen molar-refractivity contribution < 1.29 is 47.5 Å². The van der Waals surface area contributed by atoms with E-state index in [0.29, 0.717) is 74.9 Å². The number of carbonyl (C=O) groups is 2. The number of nitrogens with zero attached hydrogens (tertiary/aromatic N) is 1. The second-order valence-electron chi connectivity index (χ2n) is 20.2. The largest absolute Gasteiger partial charge is 0.489 e. The predicted molar refractivity (Wildman–Crippen MR) is 305 cm³/mol. The first-order valence-corrected chi connectivity index (χ1v) is 26.9. The Bertz CT molecular complexity index is 3950. The summed E-state index contributed by atoms with van der Waals surface area (Å²) < 4.78 is 56.7. The standard InChI is InChI=1S/C68H56N2O10/c71-67-59-57-52-33-31-50(74-38-45-21-9-2-10-22-45)35-54(52)69-61(57)62-58(60(59)68(72)80-67)53-34-32-51(75-39-46-23-11-3-12-24-46)36-55(53)70(62)66-65(78-42-49-29-17-6-18-30-49)64(77-41-48-27-15-5-16-28-48)63(76-40-47-25-13-4-14-26-47)56(79-66)43-73-37-44-19-7-1-8-20-44/h1-36,56,63-66,69H,37-43H2. The van der Waals surface area contributed by atoms with E-state index in [0.717, 1.165) is 33.4 Å². The first kappa shape index (κ1) is 50.6. The van der Waals surface area contributed by atoms with Gasteiger partial charge >= 0.3 is 11.9 Å². The molecule has 2 aliphatic rings. The van der Waals surface area contributed by atoms with Gasteiger partial charge in [-0.15, -0.1) is 0 Å². The van der Waals surface area contributed by atoms with Crippen molar-refractivity contribution in [2.45, 2.75) is 70.3 Å². The van der Waals surface area contributed by atoms with Crippen molar-refractivity contribution in [1.29, 1.82) is 0 Å². The van der Waals surface area contributed by atoms with Gasteiger partial charge in [-0.25, -0.2) is 9.59 Å². The van der Waals surface area contributed by atoms with Gasteiger partial charge in [0, 0.05) is 33.7 Å². The lowest BCUT2D eigenvalue weighted by Crippen LogP contribution is -2.59. The van der Waals surface area contributed by atoms with Crippen molar-refractivity contribution in [2.24, 2.45) is 0 Å². The van der Waals surface area contributed by atoms with Crippen LogP contribution in [0.15, 0.2) is 218 Å². The molecule has 5 atom stereocenters. The van der Waals surface area contributed by atoms with Crippen LogP contribution in [0.5, 0.6) is 11.5 Å². The maximum Gasteiger partial charge on any atom is 0.347 e. The molecule has 2 aliphatic heterocycles. The number of fused-ring (bicyclic) bond motifs is 10. The molecule has 0 amide bonds. The fraction of sp³-hybridized carbons (Fsp3) is 0.176. The number of hydrogen-bond acceptors (Lipinski definition) is 10. The molecule has 0 bridgehead atoms. The van der Waals surface area contributed by atoms with Crippen LogP contribution in [-0.2, 0) is 68.1 Å². The van der Waals surface area contributed by atoms with Crippen molar-refractivity contribution in [3.63, 3.8) is 0 Å². The molecule has 9 aromatic carbocycles. The van der Waals surface area contributed by atoms with Crippen LogP contribution >= 0.6 is 0 Å². The van der Waals surface area contributed by atoms with Gasteiger partial charge in [-0.1, -0.05) is 182 Å². The lowest BCUT2D eigenvalue weighted by atomic mass is 9.95. The van der Waals surface area contributed by atoms with Gasteiger partial charge in [0.1, 0.15) is 49.1 Å². The van der Waals surface area contributed by atoms with Crippen LogP contribution in [0, 0.1) is 0 Å². The van der Waals surface area contributed by atoms with E-state index in [1.165, 1.54) is 0 Å².